The van der Waals surface area contributed by atoms with Crippen molar-refractivity contribution >= 4 is 11.6 Å². The van der Waals surface area contributed by atoms with Crippen LogP contribution in [-0.4, -0.2) is 45.0 Å². The van der Waals surface area contributed by atoms with Gasteiger partial charge in [0.05, 0.1) is 0 Å². The minimum atomic E-state index is 0.123. The maximum Gasteiger partial charge on any atom is 0.221 e. The molecule has 0 spiro atoms. The maximum atomic E-state index is 11.4. The Morgan fingerprint density at radius 1 is 1.45 bits per heavy atom. The summed E-state index contributed by atoms with van der Waals surface area (Å²) < 4.78 is 0. The third-order valence-corrected chi connectivity index (χ3v) is 4.04. The molecule has 1 aliphatic rings. The summed E-state index contributed by atoms with van der Waals surface area (Å²) in [5.74, 6) is 0.123. The first kappa shape index (κ1) is 14.9. The summed E-state index contributed by atoms with van der Waals surface area (Å²) >= 11 is 0. The van der Waals surface area contributed by atoms with Gasteiger partial charge in [-0.2, -0.15) is 0 Å². The molecule has 1 amide bonds. The number of hydrogen-bond acceptors (Lipinski definition) is 3. The van der Waals surface area contributed by atoms with E-state index in [1.807, 2.05) is 0 Å². The highest BCUT2D eigenvalue weighted by atomic mass is 16.1. The molecule has 1 atom stereocenters. The van der Waals surface area contributed by atoms with E-state index >= 15 is 0 Å². The standard InChI is InChI=1S/C16H25N3O/c1-17-16(20)9-11-19-10-5-8-15(19)13-6-4-7-14(12-13)18(2)3/h4,6-7,12,15H,5,8-11H2,1-3H3,(H,17,20)/t15-/m0/s1. The molecule has 20 heavy (non-hydrogen) atoms. The molecule has 2 rings (SSSR count). The summed E-state index contributed by atoms with van der Waals surface area (Å²) in [4.78, 5) is 16.0. The van der Waals surface area contributed by atoms with E-state index in [-0.39, 0.29) is 5.91 Å². The number of carbonyl (C=O) groups excluding carboxylic acids is 1. The molecule has 110 valence electrons. The van der Waals surface area contributed by atoms with Crippen LogP contribution in [0.4, 0.5) is 5.69 Å². The van der Waals surface area contributed by atoms with Crippen LogP contribution in [-0.2, 0) is 4.79 Å². The number of anilines is 1. The van der Waals surface area contributed by atoms with Gasteiger partial charge in [0.15, 0.2) is 0 Å². The van der Waals surface area contributed by atoms with Gasteiger partial charge >= 0.3 is 0 Å². The van der Waals surface area contributed by atoms with E-state index in [0.717, 1.165) is 13.1 Å². The molecule has 1 heterocycles. The maximum absolute atomic E-state index is 11.4. The van der Waals surface area contributed by atoms with Gasteiger partial charge in [0.25, 0.3) is 0 Å². The van der Waals surface area contributed by atoms with Gasteiger partial charge in [0, 0.05) is 45.8 Å². The van der Waals surface area contributed by atoms with Gasteiger partial charge in [-0.1, -0.05) is 12.1 Å². The Kier molecular flexibility index (Phi) is 5.01. The number of nitrogens with zero attached hydrogens (tertiary/aromatic N) is 2. The molecule has 1 N–H and O–H groups in total. The topological polar surface area (TPSA) is 35.6 Å². The zero-order valence-electron chi connectivity index (χ0n) is 12.7. The van der Waals surface area contributed by atoms with Crippen molar-refractivity contribution in [3.63, 3.8) is 0 Å². The molecule has 1 aliphatic heterocycles. The second kappa shape index (κ2) is 6.75. The monoisotopic (exact) mass is 275 g/mol. The third kappa shape index (κ3) is 3.51. The first-order valence-electron chi connectivity index (χ1n) is 7.33. The van der Waals surface area contributed by atoms with Crippen LogP contribution in [0.3, 0.4) is 0 Å². The van der Waals surface area contributed by atoms with Crippen LogP contribution in [0.15, 0.2) is 24.3 Å². The molecule has 0 bridgehead atoms. The van der Waals surface area contributed by atoms with E-state index in [4.69, 9.17) is 0 Å². The largest absolute Gasteiger partial charge is 0.378 e. The van der Waals surface area contributed by atoms with Gasteiger partial charge in [-0.15, -0.1) is 0 Å². The number of hydrogen-bond donors (Lipinski definition) is 1. The molecule has 0 saturated carbocycles. The van der Waals surface area contributed by atoms with E-state index in [1.165, 1.54) is 24.1 Å². The van der Waals surface area contributed by atoms with Gasteiger partial charge in [-0.25, -0.2) is 0 Å². The van der Waals surface area contributed by atoms with E-state index in [9.17, 15) is 4.79 Å². The van der Waals surface area contributed by atoms with E-state index in [2.05, 4.69) is 53.5 Å². The Bertz CT molecular complexity index is 459. The Morgan fingerprint density at radius 2 is 2.25 bits per heavy atom. The molecule has 4 heteroatoms. The van der Waals surface area contributed by atoms with Crippen LogP contribution < -0.4 is 10.2 Å². The average Bonchev–Trinajstić information content (AvgIpc) is 2.93. The highest BCUT2D eigenvalue weighted by Crippen LogP contribution is 2.33. The molecule has 1 saturated heterocycles. The molecule has 0 aliphatic carbocycles. The lowest BCUT2D eigenvalue weighted by atomic mass is 10.0. The molecule has 0 aromatic heterocycles. The minimum absolute atomic E-state index is 0.123. The third-order valence-electron chi connectivity index (χ3n) is 4.04. The summed E-state index contributed by atoms with van der Waals surface area (Å²) in [5.41, 5.74) is 2.60. The fourth-order valence-corrected chi connectivity index (χ4v) is 2.85. The van der Waals surface area contributed by atoms with Crippen LogP contribution in [0.5, 0.6) is 0 Å². The summed E-state index contributed by atoms with van der Waals surface area (Å²) in [6.07, 6.45) is 2.98. The number of rotatable bonds is 5. The summed E-state index contributed by atoms with van der Waals surface area (Å²) in [7, 11) is 5.83. The molecule has 0 unspecified atom stereocenters. The van der Waals surface area contributed by atoms with Crippen molar-refractivity contribution in [2.75, 3.05) is 39.1 Å². The first-order valence-corrected chi connectivity index (χ1v) is 7.33. The highest BCUT2D eigenvalue weighted by Gasteiger charge is 2.26. The lowest BCUT2D eigenvalue weighted by Gasteiger charge is -2.25. The van der Waals surface area contributed by atoms with Gasteiger partial charge in [-0.3, -0.25) is 9.69 Å². The van der Waals surface area contributed by atoms with Crippen LogP contribution in [0.25, 0.3) is 0 Å². The number of likely N-dealkylation sites (tertiary alicyclic amines) is 1. The predicted octanol–water partition coefficient (Wildman–Crippen LogP) is 2.03. The lowest BCUT2D eigenvalue weighted by Crippen LogP contribution is -2.29. The number of nitrogens with one attached hydrogen (secondary N) is 1. The second-order valence-corrected chi connectivity index (χ2v) is 5.61. The number of amides is 1. The second-order valence-electron chi connectivity index (χ2n) is 5.61. The Balaban J connectivity index is 2.06. The molecular formula is C16H25N3O. The van der Waals surface area contributed by atoms with Gasteiger partial charge in [-0.05, 0) is 37.1 Å². The van der Waals surface area contributed by atoms with Crippen LogP contribution in [0, 0.1) is 0 Å². The molecule has 4 nitrogen and oxygen atoms in total. The van der Waals surface area contributed by atoms with Crippen LogP contribution in [0.1, 0.15) is 30.9 Å². The fraction of sp³-hybridized carbons (Fsp3) is 0.562. The van der Waals surface area contributed by atoms with E-state index in [1.54, 1.807) is 7.05 Å². The molecule has 0 radical (unpaired) electrons. The predicted molar refractivity (Wildman–Crippen MR) is 83.0 cm³/mol. The SMILES string of the molecule is CNC(=O)CCN1CCC[C@H]1c1cccc(N(C)C)c1. The molecule has 1 aromatic carbocycles. The highest BCUT2D eigenvalue weighted by molar-refractivity contribution is 5.75. The minimum Gasteiger partial charge on any atom is -0.378 e. The van der Waals surface area contributed by atoms with Crippen molar-refractivity contribution in [2.45, 2.75) is 25.3 Å². The summed E-state index contributed by atoms with van der Waals surface area (Å²) in [6.45, 7) is 1.93. The zero-order valence-corrected chi connectivity index (χ0v) is 12.7. The van der Waals surface area contributed by atoms with E-state index < -0.39 is 0 Å². The normalized spacial score (nSPS) is 19.1. The van der Waals surface area contributed by atoms with E-state index in [0.29, 0.717) is 12.5 Å². The zero-order chi connectivity index (χ0) is 14.5. The fourth-order valence-electron chi connectivity index (χ4n) is 2.85. The Hall–Kier alpha value is -1.55. The Labute approximate surface area is 121 Å². The Morgan fingerprint density at radius 3 is 2.95 bits per heavy atom. The quantitative estimate of drug-likeness (QED) is 0.893. The van der Waals surface area contributed by atoms with Crippen LogP contribution in [0.2, 0.25) is 0 Å². The van der Waals surface area contributed by atoms with Crippen molar-refractivity contribution in [1.29, 1.82) is 0 Å². The van der Waals surface area contributed by atoms with Crippen molar-refractivity contribution in [1.82, 2.24) is 10.2 Å². The summed E-state index contributed by atoms with van der Waals surface area (Å²) in [5, 5.41) is 2.70. The molecular weight excluding hydrogens is 250 g/mol. The van der Waals surface area contributed by atoms with Crippen molar-refractivity contribution in [2.24, 2.45) is 0 Å². The van der Waals surface area contributed by atoms with Crippen molar-refractivity contribution in [3.8, 4) is 0 Å². The summed E-state index contributed by atoms with van der Waals surface area (Å²) in [6, 6.07) is 9.19. The molecule has 1 aromatic rings. The van der Waals surface area contributed by atoms with Crippen molar-refractivity contribution < 1.29 is 4.79 Å². The smallest absolute Gasteiger partial charge is 0.221 e. The van der Waals surface area contributed by atoms with Crippen LogP contribution >= 0.6 is 0 Å². The van der Waals surface area contributed by atoms with Gasteiger partial charge in [0.1, 0.15) is 0 Å². The van der Waals surface area contributed by atoms with Gasteiger partial charge in [0.2, 0.25) is 5.91 Å². The average molecular weight is 275 g/mol. The van der Waals surface area contributed by atoms with Crippen molar-refractivity contribution in [3.05, 3.63) is 29.8 Å². The molecule has 1 fully saturated rings. The first-order chi connectivity index (χ1) is 9.61. The number of carbonyl (C=O) groups is 1. The number of benzene rings is 1. The lowest BCUT2D eigenvalue weighted by molar-refractivity contribution is -0.121. The van der Waals surface area contributed by atoms with Gasteiger partial charge < -0.3 is 10.2 Å².